The molecule has 176 valence electrons. The second-order valence-electron chi connectivity index (χ2n) is 7.53. The highest BCUT2D eigenvalue weighted by atomic mass is 35.5. The summed E-state index contributed by atoms with van der Waals surface area (Å²) in [6.45, 7) is 9.30. The van der Waals surface area contributed by atoms with E-state index in [2.05, 4.69) is 26.6 Å². The molecule has 0 saturated carbocycles. The standard InChI is InChI=1S/C20H30N4O3S2.2ClH/c1-4-16-14-17(15(2)22-20(16)25)18-6-7-19(28-18)29(26,27)21-8-5-9-24-12-10-23(3)11-13-24;;/h6-7,14,21H,4-5,8-13H2,1-3H3,(H,22,25);2*1H. The number of sulfonamides is 1. The van der Waals surface area contributed by atoms with Gasteiger partial charge in [-0.05, 0) is 51.6 Å². The van der Waals surface area contributed by atoms with Crippen LogP contribution in [0.25, 0.3) is 10.4 Å². The Kier molecular flexibility index (Phi) is 11.2. The Bertz CT molecular complexity index is 1000. The average molecular weight is 512 g/mol. The van der Waals surface area contributed by atoms with Gasteiger partial charge in [0.15, 0.2) is 0 Å². The number of piperazine rings is 1. The van der Waals surface area contributed by atoms with E-state index in [0.29, 0.717) is 22.7 Å². The smallest absolute Gasteiger partial charge is 0.251 e. The first-order valence-electron chi connectivity index (χ1n) is 10.0. The Morgan fingerprint density at radius 1 is 1.16 bits per heavy atom. The fourth-order valence-electron chi connectivity index (χ4n) is 3.45. The number of nitrogens with zero attached hydrogens (tertiary/aromatic N) is 2. The van der Waals surface area contributed by atoms with Gasteiger partial charge in [-0.25, -0.2) is 13.1 Å². The number of hydrogen-bond donors (Lipinski definition) is 2. The van der Waals surface area contributed by atoms with Gasteiger partial charge in [0, 0.05) is 54.4 Å². The predicted octanol–water partition coefficient (Wildman–Crippen LogP) is 2.73. The molecule has 1 fully saturated rings. The molecule has 0 radical (unpaired) electrons. The number of halogens is 2. The van der Waals surface area contributed by atoms with Crippen molar-refractivity contribution in [2.75, 3.05) is 46.3 Å². The van der Waals surface area contributed by atoms with Crippen LogP contribution in [0.5, 0.6) is 0 Å². The van der Waals surface area contributed by atoms with E-state index in [-0.39, 0.29) is 30.4 Å². The summed E-state index contributed by atoms with van der Waals surface area (Å²) < 4.78 is 28.3. The number of thiophene rings is 1. The summed E-state index contributed by atoms with van der Waals surface area (Å²) in [6.07, 6.45) is 1.42. The number of likely N-dealkylation sites (N-methyl/N-ethyl adjacent to an activating group) is 1. The number of pyridine rings is 1. The van der Waals surface area contributed by atoms with Crippen molar-refractivity contribution >= 4 is 46.2 Å². The van der Waals surface area contributed by atoms with Gasteiger partial charge < -0.3 is 14.8 Å². The van der Waals surface area contributed by atoms with E-state index >= 15 is 0 Å². The van der Waals surface area contributed by atoms with Gasteiger partial charge in [-0.1, -0.05) is 6.92 Å². The molecule has 11 heteroatoms. The van der Waals surface area contributed by atoms with E-state index in [1.165, 1.54) is 11.3 Å². The molecule has 0 bridgehead atoms. The molecule has 2 aromatic heterocycles. The van der Waals surface area contributed by atoms with Crippen LogP contribution in [0, 0.1) is 6.92 Å². The van der Waals surface area contributed by atoms with E-state index in [0.717, 1.165) is 55.3 Å². The molecular formula is C20H32Cl2N4O3S2. The molecule has 0 aromatic carbocycles. The lowest BCUT2D eigenvalue weighted by Gasteiger charge is -2.32. The van der Waals surface area contributed by atoms with Crippen molar-refractivity contribution in [3.63, 3.8) is 0 Å². The zero-order valence-electron chi connectivity index (χ0n) is 18.1. The molecule has 3 rings (SSSR count). The number of aryl methyl sites for hydroxylation is 2. The molecule has 2 aromatic rings. The van der Waals surface area contributed by atoms with Crippen LogP contribution in [0.4, 0.5) is 0 Å². The lowest BCUT2D eigenvalue weighted by molar-refractivity contribution is 0.153. The van der Waals surface area contributed by atoms with Gasteiger partial charge >= 0.3 is 0 Å². The molecule has 0 atom stereocenters. The first-order valence-corrected chi connectivity index (χ1v) is 12.3. The Labute approximate surface area is 201 Å². The summed E-state index contributed by atoms with van der Waals surface area (Å²) in [5, 5.41) is 0. The number of hydrogen-bond acceptors (Lipinski definition) is 6. The molecular weight excluding hydrogens is 479 g/mol. The minimum Gasteiger partial charge on any atom is -0.326 e. The lowest BCUT2D eigenvalue weighted by atomic mass is 10.1. The molecule has 31 heavy (non-hydrogen) atoms. The van der Waals surface area contributed by atoms with Crippen LogP contribution < -0.4 is 10.3 Å². The van der Waals surface area contributed by atoms with Crippen molar-refractivity contribution in [1.29, 1.82) is 0 Å². The van der Waals surface area contributed by atoms with Gasteiger partial charge in [-0.15, -0.1) is 36.2 Å². The van der Waals surface area contributed by atoms with Crippen molar-refractivity contribution in [3.05, 3.63) is 39.8 Å². The highest BCUT2D eigenvalue weighted by molar-refractivity contribution is 7.91. The third-order valence-corrected chi connectivity index (χ3v) is 8.42. The zero-order chi connectivity index (χ0) is 21.0. The molecule has 3 heterocycles. The fourth-order valence-corrected chi connectivity index (χ4v) is 5.94. The van der Waals surface area contributed by atoms with Gasteiger partial charge in [-0.3, -0.25) is 4.79 Å². The number of rotatable bonds is 8. The second-order valence-corrected chi connectivity index (χ2v) is 10.6. The van der Waals surface area contributed by atoms with Crippen LogP contribution in [-0.2, 0) is 16.4 Å². The number of H-pyrrole nitrogens is 1. The van der Waals surface area contributed by atoms with Crippen LogP contribution in [0.3, 0.4) is 0 Å². The normalized spacial score (nSPS) is 15.3. The van der Waals surface area contributed by atoms with Crippen molar-refractivity contribution in [1.82, 2.24) is 19.5 Å². The Balaban J connectivity index is 0.00000240. The largest absolute Gasteiger partial charge is 0.326 e. The minimum absolute atomic E-state index is 0. The molecule has 2 N–H and O–H groups in total. The maximum atomic E-state index is 12.7. The Hall–Kier alpha value is -0.940. The molecule has 0 spiro atoms. The van der Waals surface area contributed by atoms with Crippen LogP contribution in [-0.4, -0.2) is 69.5 Å². The predicted molar refractivity (Wildman–Crippen MR) is 133 cm³/mol. The maximum absolute atomic E-state index is 12.7. The Morgan fingerprint density at radius 3 is 2.48 bits per heavy atom. The van der Waals surface area contributed by atoms with Crippen LogP contribution in [0.15, 0.2) is 27.2 Å². The molecule has 0 amide bonds. The third kappa shape index (κ3) is 7.28. The summed E-state index contributed by atoms with van der Waals surface area (Å²) >= 11 is 1.23. The molecule has 7 nitrogen and oxygen atoms in total. The highest BCUT2D eigenvalue weighted by Crippen LogP contribution is 2.32. The summed E-state index contributed by atoms with van der Waals surface area (Å²) in [6, 6.07) is 5.31. The van der Waals surface area contributed by atoms with E-state index in [1.54, 1.807) is 6.07 Å². The first kappa shape index (κ1) is 28.1. The van der Waals surface area contributed by atoms with Crippen LogP contribution >= 0.6 is 36.2 Å². The molecule has 0 unspecified atom stereocenters. The van der Waals surface area contributed by atoms with Crippen molar-refractivity contribution in [2.45, 2.75) is 30.9 Å². The van der Waals surface area contributed by atoms with Gasteiger partial charge in [0.05, 0.1) is 0 Å². The van der Waals surface area contributed by atoms with E-state index in [1.807, 2.05) is 26.0 Å². The summed E-state index contributed by atoms with van der Waals surface area (Å²) in [5.41, 5.74) is 2.24. The molecule has 0 aliphatic carbocycles. The highest BCUT2D eigenvalue weighted by Gasteiger charge is 2.19. The quantitative estimate of drug-likeness (QED) is 0.533. The summed E-state index contributed by atoms with van der Waals surface area (Å²) in [5.74, 6) is 0. The van der Waals surface area contributed by atoms with Gasteiger partial charge in [0.2, 0.25) is 10.0 Å². The maximum Gasteiger partial charge on any atom is 0.251 e. The van der Waals surface area contributed by atoms with Crippen LogP contribution in [0.1, 0.15) is 24.6 Å². The van der Waals surface area contributed by atoms with Crippen molar-refractivity contribution in [3.8, 4) is 10.4 Å². The SMILES string of the molecule is CCc1cc(-c2ccc(S(=O)(=O)NCCCN3CCN(C)CC3)s2)c(C)[nH]c1=O.Cl.Cl. The fraction of sp³-hybridized carbons (Fsp3) is 0.550. The van der Waals surface area contributed by atoms with Crippen LogP contribution in [0.2, 0.25) is 0 Å². The zero-order valence-corrected chi connectivity index (χ0v) is 21.4. The monoisotopic (exact) mass is 510 g/mol. The molecule has 1 aliphatic heterocycles. The third-order valence-electron chi connectivity index (χ3n) is 5.35. The van der Waals surface area contributed by atoms with E-state index < -0.39 is 10.0 Å². The van der Waals surface area contributed by atoms with Gasteiger partial charge in [-0.2, -0.15) is 0 Å². The van der Waals surface area contributed by atoms with E-state index in [4.69, 9.17) is 0 Å². The molecule has 1 saturated heterocycles. The Morgan fingerprint density at radius 2 is 1.84 bits per heavy atom. The number of nitrogens with one attached hydrogen (secondary N) is 2. The summed E-state index contributed by atoms with van der Waals surface area (Å²) in [4.78, 5) is 20.3. The summed E-state index contributed by atoms with van der Waals surface area (Å²) in [7, 11) is -1.40. The van der Waals surface area contributed by atoms with Gasteiger partial charge in [0.1, 0.15) is 4.21 Å². The van der Waals surface area contributed by atoms with Crippen molar-refractivity contribution in [2.24, 2.45) is 0 Å². The number of aromatic amines is 1. The lowest BCUT2D eigenvalue weighted by Crippen LogP contribution is -2.45. The van der Waals surface area contributed by atoms with Gasteiger partial charge in [0.25, 0.3) is 5.56 Å². The average Bonchev–Trinajstić information content (AvgIpc) is 3.18. The number of aromatic nitrogens is 1. The minimum atomic E-state index is -3.53. The topological polar surface area (TPSA) is 85.5 Å². The van der Waals surface area contributed by atoms with E-state index in [9.17, 15) is 13.2 Å². The van der Waals surface area contributed by atoms with Crippen molar-refractivity contribution < 1.29 is 8.42 Å². The molecule has 1 aliphatic rings. The second kappa shape index (κ2) is 12.3. The first-order chi connectivity index (χ1) is 13.8.